The summed E-state index contributed by atoms with van der Waals surface area (Å²) in [5.41, 5.74) is -0.206. The molecule has 1 N–H and O–H groups in total. The van der Waals surface area contributed by atoms with E-state index >= 15 is 0 Å². The van der Waals surface area contributed by atoms with Crippen molar-refractivity contribution in [2.75, 3.05) is 32.8 Å². The molecule has 2 rings (SSSR count). The van der Waals surface area contributed by atoms with Crippen molar-refractivity contribution in [3.8, 4) is 0 Å². The lowest BCUT2D eigenvalue weighted by atomic mass is 9.74. The molecule has 0 aromatic carbocycles. The zero-order valence-corrected chi connectivity index (χ0v) is 13.2. The van der Waals surface area contributed by atoms with Crippen LogP contribution in [0.25, 0.3) is 0 Å². The molecule has 2 aliphatic heterocycles. The summed E-state index contributed by atoms with van der Waals surface area (Å²) in [6, 6.07) is 0. The summed E-state index contributed by atoms with van der Waals surface area (Å²) in [5, 5.41) is 9.62. The maximum Gasteiger partial charge on any atom is 0.311 e. The molecule has 0 amide bonds. The molecule has 0 unspecified atom stereocenters. The van der Waals surface area contributed by atoms with Gasteiger partial charge in [-0.1, -0.05) is 20.8 Å². The average Bonchev–Trinajstić information content (AvgIpc) is 2.39. The van der Waals surface area contributed by atoms with E-state index in [0.29, 0.717) is 38.0 Å². The smallest absolute Gasteiger partial charge is 0.311 e. The van der Waals surface area contributed by atoms with Crippen molar-refractivity contribution in [1.29, 1.82) is 0 Å². The van der Waals surface area contributed by atoms with E-state index in [0.717, 1.165) is 19.0 Å². The second kappa shape index (κ2) is 6.02. The van der Waals surface area contributed by atoms with Crippen LogP contribution in [0.2, 0.25) is 0 Å². The van der Waals surface area contributed by atoms with Crippen LogP contribution in [0.5, 0.6) is 0 Å². The first kappa shape index (κ1) is 15.8. The number of hydrogen-bond donors (Lipinski definition) is 1. The lowest BCUT2D eigenvalue weighted by Crippen LogP contribution is -2.49. The molecular weight excluding hydrogens is 254 g/mol. The van der Waals surface area contributed by atoms with Crippen molar-refractivity contribution in [1.82, 2.24) is 4.90 Å². The van der Waals surface area contributed by atoms with Crippen LogP contribution in [-0.2, 0) is 9.53 Å². The average molecular weight is 283 g/mol. The molecule has 0 aromatic heterocycles. The lowest BCUT2D eigenvalue weighted by molar-refractivity contribution is -0.157. The molecule has 116 valence electrons. The van der Waals surface area contributed by atoms with Crippen LogP contribution >= 0.6 is 0 Å². The molecule has 2 fully saturated rings. The molecule has 0 bridgehead atoms. The van der Waals surface area contributed by atoms with Gasteiger partial charge in [0.05, 0.1) is 5.41 Å². The van der Waals surface area contributed by atoms with Crippen LogP contribution < -0.4 is 0 Å². The molecule has 2 saturated heterocycles. The fourth-order valence-corrected chi connectivity index (χ4v) is 3.59. The van der Waals surface area contributed by atoms with Gasteiger partial charge in [0.2, 0.25) is 0 Å². The Morgan fingerprint density at radius 1 is 1.25 bits per heavy atom. The van der Waals surface area contributed by atoms with Crippen molar-refractivity contribution in [2.45, 2.75) is 46.5 Å². The number of carbonyl (C=O) groups is 1. The molecule has 0 spiro atoms. The van der Waals surface area contributed by atoms with Crippen LogP contribution in [0.15, 0.2) is 0 Å². The van der Waals surface area contributed by atoms with Crippen LogP contribution in [0.4, 0.5) is 0 Å². The third-order valence-electron chi connectivity index (χ3n) is 5.24. The molecule has 0 radical (unpaired) electrons. The lowest BCUT2D eigenvalue weighted by Gasteiger charge is -2.43. The maximum atomic E-state index is 11.7. The molecule has 0 atom stereocenters. The van der Waals surface area contributed by atoms with E-state index in [-0.39, 0.29) is 0 Å². The van der Waals surface area contributed by atoms with Gasteiger partial charge in [0, 0.05) is 19.8 Å². The van der Waals surface area contributed by atoms with E-state index < -0.39 is 11.4 Å². The minimum Gasteiger partial charge on any atom is -0.481 e. The van der Waals surface area contributed by atoms with E-state index in [1.54, 1.807) is 0 Å². The number of nitrogens with zero attached hydrogens (tertiary/aromatic N) is 1. The number of ether oxygens (including phenoxy) is 1. The summed E-state index contributed by atoms with van der Waals surface area (Å²) in [6.07, 6.45) is 3.69. The van der Waals surface area contributed by atoms with E-state index in [2.05, 4.69) is 25.7 Å². The zero-order valence-electron chi connectivity index (χ0n) is 13.2. The van der Waals surface area contributed by atoms with Crippen molar-refractivity contribution < 1.29 is 14.6 Å². The van der Waals surface area contributed by atoms with Crippen molar-refractivity contribution in [3.63, 3.8) is 0 Å². The molecule has 0 aliphatic carbocycles. The fraction of sp³-hybridized carbons (Fsp3) is 0.938. The largest absolute Gasteiger partial charge is 0.481 e. The predicted molar refractivity (Wildman–Crippen MR) is 78.7 cm³/mol. The third kappa shape index (κ3) is 3.53. The van der Waals surface area contributed by atoms with Crippen molar-refractivity contribution in [3.05, 3.63) is 0 Å². The Morgan fingerprint density at radius 3 is 2.25 bits per heavy atom. The highest BCUT2D eigenvalue weighted by molar-refractivity contribution is 5.75. The standard InChI is InChI=1S/C16H29NO3/c1-15(2,3)13-4-8-17(9-5-13)12-16(14(18)19)6-10-20-11-7-16/h13H,4-12H2,1-3H3,(H,18,19). The number of hydrogen-bond acceptors (Lipinski definition) is 3. The quantitative estimate of drug-likeness (QED) is 0.865. The van der Waals surface area contributed by atoms with Crippen LogP contribution in [-0.4, -0.2) is 48.8 Å². The Labute approximate surface area is 122 Å². The Morgan fingerprint density at radius 2 is 1.80 bits per heavy atom. The number of piperidine rings is 1. The molecule has 2 aliphatic rings. The topological polar surface area (TPSA) is 49.8 Å². The van der Waals surface area contributed by atoms with Crippen molar-refractivity contribution in [2.24, 2.45) is 16.7 Å². The Hall–Kier alpha value is -0.610. The van der Waals surface area contributed by atoms with E-state index in [1.165, 1.54) is 12.8 Å². The minimum atomic E-state index is -0.640. The molecule has 0 saturated carbocycles. The maximum absolute atomic E-state index is 11.7. The molecule has 20 heavy (non-hydrogen) atoms. The Balaban J connectivity index is 1.92. The summed E-state index contributed by atoms with van der Waals surface area (Å²) < 4.78 is 5.34. The third-order valence-corrected chi connectivity index (χ3v) is 5.24. The van der Waals surface area contributed by atoms with E-state index in [9.17, 15) is 9.90 Å². The fourth-order valence-electron chi connectivity index (χ4n) is 3.59. The van der Waals surface area contributed by atoms with Crippen molar-refractivity contribution >= 4 is 5.97 Å². The van der Waals surface area contributed by atoms with E-state index in [4.69, 9.17) is 4.74 Å². The molecule has 0 aromatic rings. The number of rotatable bonds is 3. The SMILES string of the molecule is CC(C)(C)C1CCN(CC2(C(=O)O)CCOCC2)CC1. The van der Waals surface area contributed by atoms with Gasteiger partial charge in [-0.2, -0.15) is 0 Å². The Bertz CT molecular complexity index is 334. The minimum absolute atomic E-state index is 0.370. The summed E-state index contributed by atoms with van der Waals surface area (Å²) in [5.74, 6) is 0.118. The predicted octanol–water partition coefficient (Wildman–Crippen LogP) is 2.63. The second-order valence-electron chi connectivity index (χ2n) is 7.61. The summed E-state index contributed by atoms with van der Waals surface area (Å²) in [6.45, 7) is 10.9. The van der Waals surface area contributed by atoms with Gasteiger partial charge in [0.1, 0.15) is 0 Å². The second-order valence-corrected chi connectivity index (χ2v) is 7.61. The van der Waals surface area contributed by atoms with Crippen LogP contribution in [0, 0.1) is 16.7 Å². The monoisotopic (exact) mass is 283 g/mol. The van der Waals surface area contributed by atoms with Gasteiger partial charge in [0.15, 0.2) is 0 Å². The first-order valence-electron chi connectivity index (χ1n) is 7.87. The molecular formula is C16H29NO3. The number of carboxylic acids is 1. The Kier molecular flexibility index (Phi) is 4.75. The van der Waals surface area contributed by atoms with Crippen LogP contribution in [0.3, 0.4) is 0 Å². The van der Waals surface area contributed by atoms with Gasteiger partial charge >= 0.3 is 5.97 Å². The van der Waals surface area contributed by atoms with Gasteiger partial charge in [-0.3, -0.25) is 4.79 Å². The van der Waals surface area contributed by atoms with Gasteiger partial charge in [-0.25, -0.2) is 0 Å². The normalized spacial score (nSPS) is 25.6. The number of aliphatic carboxylic acids is 1. The molecule has 4 heteroatoms. The first-order valence-corrected chi connectivity index (χ1v) is 7.87. The first-order chi connectivity index (χ1) is 9.33. The highest BCUT2D eigenvalue weighted by Gasteiger charge is 2.42. The molecule has 4 nitrogen and oxygen atoms in total. The van der Waals surface area contributed by atoms with Gasteiger partial charge in [-0.05, 0) is 50.1 Å². The zero-order chi connectivity index (χ0) is 14.8. The van der Waals surface area contributed by atoms with E-state index in [1.807, 2.05) is 0 Å². The number of carboxylic acid groups (broad SMARTS) is 1. The van der Waals surface area contributed by atoms with Gasteiger partial charge in [-0.15, -0.1) is 0 Å². The highest BCUT2D eigenvalue weighted by Crippen LogP contribution is 2.37. The summed E-state index contributed by atoms with van der Waals surface area (Å²) in [4.78, 5) is 14.1. The number of likely N-dealkylation sites (tertiary alicyclic amines) is 1. The highest BCUT2D eigenvalue weighted by atomic mass is 16.5. The summed E-state index contributed by atoms with van der Waals surface area (Å²) >= 11 is 0. The molecule has 2 heterocycles. The van der Waals surface area contributed by atoms with Gasteiger partial charge < -0.3 is 14.7 Å². The van der Waals surface area contributed by atoms with Gasteiger partial charge in [0.25, 0.3) is 0 Å². The van der Waals surface area contributed by atoms with Crippen LogP contribution in [0.1, 0.15) is 46.5 Å². The summed E-state index contributed by atoms with van der Waals surface area (Å²) in [7, 11) is 0.